The van der Waals surface area contributed by atoms with E-state index in [1.54, 1.807) is 0 Å². The minimum atomic E-state index is -0.273. The number of likely N-dealkylation sites (N-methyl/N-ethyl adjacent to an activating group) is 1. The van der Waals surface area contributed by atoms with Gasteiger partial charge in [0.25, 0.3) is 11.7 Å². The third-order valence-electron chi connectivity index (χ3n) is 3.61. The second kappa shape index (κ2) is 7.35. The maximum Gasteiger partial charge on any atom is 0.292 e. The molecule has 1 aliphatic rings. The van der Waals surface area contributed by atoms with Crippen molar-refractivity contribution in [2.75, 3.05) is 32.7 Å². The third kappa shape index (κ3) is 3.77. The van der Waals surface area contributed by atoms with Crippen LogP contribution in [0.15, 0.2) is 4.52 Å². The van der Waals surface area contributed by atoms with Crippen LogP contribution in [0.1, 0.15) is 49.2 Å². The number of nitrogens with zero attached hydrogens (tertiary/aromatic N) is 3. The molecule has 1 amide bonds. The van der Waals surface area contributed by atoms with Crippen molar-refractivity contribution in [1.82, 2.24) is 25.7 Å². The lowest BCUT2D eigenvalue weighted by atomic mass is 10.2. The van der Waals surface area contributed by atoms with Gasteiger partial charge in [0.1, 0.15) is 0 Å². The summed E-state index contributed by atoms with van der Waals surface area (Å²) in [6, 6.07) is 0.0970. The van der Waals surface area contributed by atoms with E-state index in [9.17, 15) is 4.79 Å². The summed E-state index contributed by atoms with van der Waals surface area (Å²) in [6.07, 6.45) is 2.07. The first-order chi connectivity index (χ1) is 9.74. The first-order valence-electron chi connectivity index (χ1n) is 7.32. The molecule has 0 radical (unpaired) electrons. The summed E-state index contributed by atoms with van der Waals surface area (Å²) < 4.78 is 5.14. The van der Waals surface area contributed by atoms with Crippen LogP contribution in [0, 0.1) is 0 Å². The summed E-state index contributed by atoms with van der Waals surface area (Å²) in [7, 11) is 0. The molecule has 20 heavy (non-hydrogen) atoms. The van der Waals surface area contributed by atoms with Crippen LogP contribution in [0.2, 0.25) is 0 Å². The summed E-state index contributed by atoms with van der Waals surface area (Å²) >= 11 is 0. The lowest BCUT2D eigenvalue weighted by Gasteiger charge is -2.17. The Morgan fingerprint density at radius 3 is 2.95 bits per heavy atom. The number of hydrogen-bond donors (Lipinski definition) is 2. The predicted molar refractivity (Wildman–Crippen MR) is 74.4 cm³/mol. The Morgan fingerprint density at radius 1 is 1.50 bits per heavy atom. The molecule has 0 saturated carbocycles. The van der Waals surface area contributed by atoms with Crippen molar-refractivity contribution in [2.45, 2.75) is 32.7 Å². The first-order valence-corrected chi connectivity index (χ1v) is 7.32. The van der Waals surface area contributed by atoms with Gasteiger partial charge >= 0.3 is 0 Å². The molecule has 0 aliphatic carbocycles. The highest BCUT2D eigenvalue weighted by Gasteiger charge is 2.24. The molecule has 2 heterocycles. The molecule has 2 N–H and O–H groups in total. The van der Waals surface area contributed by atoms with E-state index < -0.39 is 0 Å². The molecule has 1 aliphatic heterocycles. The van der Waals surface area contributed by atoms with Crippen LogP contribution in [-0.2, 0) is 0 Å². The number of carbonyl (C=O) groups is 1. The van der Waals surface area contributed by atoms with Crippen molar-refractivity contribution < 1.29 is 9.32 Å². The molecule has 0 bridgehead atoms. The molecule has 0 spiro atoms. The van der Waals surface area contributed by atoms with Gasteiger partial charge in [-0.2, -0.15) is 4.98 Å². The van der Waals surface area contributed by atoms with E-state index in [2.05, 4.69) is 39.5 Å². The number of carbonyl (C=O) groups excluding carboxylic acids is 1. The molecular formula is C13H23N5O2. The van der Waals surface area contributed by atoms with E-state index >= 15 is 0 Å². The summed E-state index contributed by atoms with van der Waals surface area (Å²) in [5, 5.41) is 9.83. The molecule has 1 unspecified atom stereocenters. The van der Waals surface area contributed by atoms with E-state index in [1.165, 1.54) is 0 Å². The Bertz CT molecular complexity index is 424. The largest absolute Gasteiger partial charge is 0.348 e. The van der Waals surface area contributed by atoms with Gasteiger partial charge in [-0.05, 0) is 32.5 Å². The van der Waals surface area contributed by atoms with Crippen molar-refractivity contribution in [3.05, 3.63) is 11.7 Å². The van der Waals surface area contributed by atoms with E-state index in [4.69, 9.17) is 4.52 Å². The topological polar surface area (TPSA) is 83.3 Å². The van der Waals surface area contributed by atoms with Crippen molar-refractivity contribution in [3.8, 4) is 0 Å². The minimum absolute atomic E-state index is 0.0970. The van der Waals surface area contributed by atoms with Crippen LogP contribution in [0.5, 0.6) is 0 Å². The number of aromatic nitrogens is 2. The van der Waals surface area contributed by atoms with Gasteiger partial charge in [0.15, 0.2) is 0 Å². The number of hydrogen-bond acceptors (Lipinski definition) is 6. The van der Waals surface area contributed by atoms with Crippen LogP contribution in [-0.4, -0.2) is 53.7 Å². The highest BCUT2D eigenvalue weighted by molar-refractivity contribution is 5.90. The average molecular weight is 281 g/mol. The first kappa shape index (κ1) is 14.9. The number of rotatable bonds is 7. The summed E-state index contributed by atoms with van der Waals surface area (Å²) in [5.41, 5.74) is 0. The Kier molecular flexibility index (Phi) is 5.49. The molecule has 1 saturated heterocycles. The highest BCUT2D eigenvalue weighted by atomic mass is 16.5. The van der Waals surface area contributed by atoms with Gasteiger partial charge in [-0.1, -0.05) is 19.0 Å². The van der Waals surface area contributed by atoms with Crippen molar-refractivity contribution in [1.29, 1.82) is 0 Å². The number of amides is 1. The fourth-order valence-corrected chi connectivity index (χ4v) is 2.31. The zero-order chi connectivity index (χ0) is 14.4. The SMILES string of the molecule is CCN(CC)CCNC(=O)c1noc(C2CCCN2)n1. The van der Waals surface area contributed by atoms with Crippen LogP contribution in [0.3, 0.4) is 0 Å². The molecule has 1 aromatic rings. The minimum Gasteiger partial charge on any atom is -0.348 e. The fraction of sp³-hybridized carbons (Fsp3) is 0.769. The van der Waals surface area contributed by atoms with Gasteiger partial charge in [-0.3, -0.25) is 4.79 Å². The smallest absolute Gasteiger partial charge is 0.292 e. The molecule has 0 aromatic carbocycles. The van der Waals surface area contributed by atoms with E-state index in [-0.39, 0.29) is 17.8 Å². The molecule has 1 aromatic heterocycles. The quantitative estimate of drug-likeness (QED) is 0.760. The van der Waals surface area contributed by atoms with E-state index in [0.717, 1.165) is 39.0 Å². The molecule has 1 atom stereocenters. The van der Waals surface area contributed by atoms with E-state index in [0.29, 0.717) is 12.4 Å². The van der Waals surface area contributed by atoms with Gasteiger partial charge in [0, 0.05) is 13.1 Å². The Morgan fingerprint density at radius 2 is 2.30 bits per heavy atom. The second-order valence-corrected chi connectivity index (χ2v) is 4.89. The van der Waals surface area contributed by atoms with Gasteiger partial charge in [-0.25, -0.2) is 0 Å². The Hall–Kier alpha value is -1.47. The summed E-state index contributed by atoms with van der Waals surface area (Å²) in [4.78, 5) is 18.3. The van der Waals surface area contributed by atoms with Gasteiger partial charge in [0.05, 0.1) is 6.04 Å². The highest BCUT2D eigenvalue weighted by Crippen LogP contribution is 2.20. The standard InChI is InChI=1S/C13H23N5O2/c1-3-18(4-2)9-8-15-12(19)11-16-13(20-17-11)10-6-5-7-14-10/h10,14H,3-9H2,1-2H3,(H,15,19). The van der Waals surface area contributed by atoms with Crippen molar-refractivity contribution >= 4 is 5.91 Å². The second-order valence-electron chi connectivity index (χ2n) is 4.89. The molecule has 7 heteroatoms. The lowest BCUT2D eigenvalue weighted by molar-refractivity contribution is 0.0935. The monoisotopic (exact) mass is 281 g/mol. The Labute approximate surface area is 119 Å². The molecule has 1 fully saturated rings. The van der Waals surface area contributed by atoms with Crippen LogP contribution >= 0.6 is 0 Å². The van der Waals surface area contributed by atoms with Gasteiger partial charge in [-0.15, -0.1) is 0 Å². The van der Waals surface area contributed by atoms with Crippen molar-refractivity contribution in [3.63, 3.8) is 0 Å². The molecular weight excluding hydrogens is 258 g/mol. The third-order valence-corrected chi connectivity index (χ3v) is 3.61. The maximum atomic E-state index is 11.9. The lowest BCUT2D eigenvalue weighted by Crippen LogP contribution is -2.35. The zero-order valence-electron chi connectivity index (χ0n) is 12.2. The van der Waals surface area contributed by atoms with Crippen molar-refractivity contribution in [2.24, 2.45) is 0 Å². The summed E-state index contributed by atoms with van der Waals surface area (Å²) in [6.45, 7) is 8.53. The predicted octanol–water partition coefficient (Wildman–Crippen LogP) is 0.566. The van der Waals surface area contributed by atoms with Gasteiger partial charge in [0.2, 0.25) is 5.89 Å². The van der Waals surface area contributed by atoms with Crippen LogP contribution < -0.4 is 10.6 Å². The average Bonchev–Trinajstić information content (AvgIpc) is 3.13. The fourth-order valence-electron chi connectivity index (χ4n) is 2.31. The van der Waals surface area contributed by atoms with Gasteiger partial charge < -0.3 is 20.1 Å². The normalized spacial score (nSPS) is 18.6. The van der Waals surface area contributed by atoms with Crippen LogP contribution in [0.25, 0.3) is 0 Å². The Balaban J connectivity index is 1.80. The molecule has 7 nitrogen and oxygen atoms in total. The van der Waals surface area contributed by atoms with E-state index in [1.807, 2.05) is 0 Å². The molecule has 112 valence electrons. The maximum absolute atomic E-state index is 11.9. The summed E-state index contributed by atoms with van der Waals surface area (Å²) in [5.74, 6) is 0.356. The zero-order valence-corrected chi connectivity index (χ0v) is 12.2. The number of nitrogens with one attached hydrogen (secondary N) is 2. The van der Waals surface area contributed by atoms with Crippen LogP contribution in [0.4, 0.5) is 0 Å². The molecule has 2 rings (SSSR count).